The van der Waals surface area contributed by atoms with Crippen molar-refractivity contribution in [2.45, 2.75) is 40.3 Å². The number of benzene rings is 1. The van der Waals surface area contributed by atoms with E-state index in [1.807, 2.05) is 27.7 Å². The van der Waals surface area contributed by atoms with Gasteiger partial charge in [-0.1, -0.05) is 25.9 Å². The number of halogens is 1. The number of amidine groups is 1. The van der Waals surface area contributed by atoms with Crippen molar-refractivity contribution in [1.82, 2.24) is 4.90 Å². The quantitative estimate of drug-likeness (QED) is 0.358. The summed E-state index contributed by atoms with van der Waals surface area (Å²) in [7, 11) is 0. The summed E-state index contributed by atoms with van der Waals surface area (Å²) in [6.45, 7) is 7.70. The van der Waals surface area contributed by atoms with Gasteiger partial charge in [-0.15, -0.1) is 0 Å². The molecule has 6 nitrogen and oxygen atoms in total. The van der Waals surface area contributed by atoms with Crippen molar-refractivity contribution in [3.05, 3.63) is 29.1 Å². The third kappa shape index (κ3) is 3.38. The van der Waals surface area contributed by atoms with Crippen LogP contribution in [0.3, 0.4) is 0 Å². The van der Waals surface area contributed by atoms with E-state index in [1.165, 1.54) is 12.1 Å². The minimum absolute atomic E-state index is 0.0682. The molecule has 3 N–H and O–H groups in total. The molecule has 126 valence electrons. The van der Waals surface area contributed by atoms with E-state index in [4.69, 9.17) is 15.7 Å². The van der Waals surface area contributed by atoms with Gasteiger partial charge >= 0.3 is 0 Å². The molecule has 1 aliphatic heterocycles. The number of nitrogens with two attached hydrogens (primary N) is 1. The molecule has 0 spiro atoms. The first kappa shape index (κ1) is 17.1. The second kappa shape index (κ2) is 6.06. The Labute approximate surface area is 134 Å². The van der Waals surface area contributed by atoms with Crippen LogP contribution in [0.25, 0.3) is 0 Å². The lowest BCUT2D eigenvalue weighted by Crippen LogP contribution is -2.45. The molecule has 0 saturated heterocycles. The first-order valence-corrected chi connectivity index (χ1v) is 7.39. The highest BCUT2D eigenvalue weighted by Crippen LogP contribution is 2.31. The highest BCUT2D eigenvalue weighted by Gasteiger charge is 2.34. The number of hydrogen-bond acceptors (Lipinski definition) is 4. The van der Waals surface area contributed by atoms with Gasteiger partial charge < -0.3 is 20.6 Å². The zero-order valence-corrected chi connectivity index (χ0v) is 13.8. The van der Waals surface area contributed by atoms with Crippen molar-refractivity contribution < 1.29 is 19.1 Å². The number of amides is 1. The fourth-order valence-electron chi connectivity index (χ4n) is 2.43. The first-order chi connectivity index (χ1) is 10.6. The maximum atomic E-state index is 14.5. The van der Waals surface area contributed by atoms with Crippen molar-refractivity contribution in [2.75, 3.05) is 6.61 Å². The molecule has 0 saturated carbocycles. The standard InChI is InChI=1S/C16H22FN3O3/c1-9-8-23-13-6-10(14(18)19-22)5-12(17)11(13)7-20(9)15(21)16(2,3)4/h5-6,9,22H,7-8H2,1-4H3,(H2,18,19)/t9-/m0/s1. The van der Waals surface area contributed by atoms with Gasteiger partial charge in [-0.3, -0.25) is 4.79 Å². The van der Waals surface area contributed by atoms with Gasteiger partial charge in [-0.05, 0) is 19.1 Å². The molecule has 1 amide bonds. The largest absolute Gasteiger partial charge is 0.491 e. The normalized spacial score (nSPS) is 18.9. The van der Waals surface area contributed by atoms with Gasteiger partial charge in [0.05, 0.1) is 12.6 Å². The number of oxime groups is 1. The van der Waals surface area contributed by atoms with Gasteiger partial charge in [0.15, 0.2) is 5.84 Å². The van der Waals surface area contributed by atoms with Crippen LogP contribution in [0, 0.1) is 11.2 Å². The summed E-state index contributed by atoms with van der Waals surface area (Å²) in [4.78, 5) is 14.2. The van der Waals surface area contributed by atoms with Gasteiger partial charge in [-0.25, -0.2) is 4.39 Å². The Balaban J connectivity index is 2.44. The van der Waals surface area contributed by atoms with E-state index in [2.05, 4.69) is 5.16 Å². The summed E-state index contributed by atoms with van der Waals surface area (Å²) in [6.07, 6.45) is 0. The number of carbonyl (C=O) groups is 1. The molecule has 1 aromatic rings. The zero-order valence-electron chi connectivity index (χ0n) is 13.8. The molecule has 2 rings (SSSR count). The van der Waals surface area contributed by atoms with Crippen LogP contribution >= 0.6 is 0 Å². The lowest BCUT2D eigenvalue weighted by Gasteiger charge is -2.32. The number of rotatable bonds is 1. The van der Waals surface area contributed by atoms with E-state index < -0.39 is 11.2 Å². The summed E-state index contributed by atoms with van der Waals surface area (Å²) in [5, 5.41) is 11.6. The van der Waals surface area contributed by atoms with Crippen molar-refractivity contribution >= 4 is 11.7 Å². The third-order valence-corrected chi connectivity index (χ3v) is 3.80. The molecule has 7 heteroatoms. The highest BCUT2D eigenvalue weighted by molar-refractivity contribution is 5.97. The van der Waals surface area contributed by atoms with Gasteiger partial charge in [0.1, 0.15) is 18.2 Å². The van der Waals surface area contributed by atoms with E-state index in [-0.39, 0.29) is 36.5 Å². The van der Waals surface area contributed by atoms with Crippen LogP contribution in [0.15, 0.2) is 17.3 Å². The van der Waals surface area contributed by atoms with Crippen LogP contribution in [0.1, 0.15) is 38.8 Å². The Morgan fingerprint density at radius 2 is 2.13 bits per heavy atom. The maximum absolute atomic E-state index is 14.5. The van der Waals surface area contributed by atoms with Crippen LogP contribution in [0.5, 0.6) is 5.75 Å². The Bertz CT molecular complexity index is 653. The van der Waals surface area contributed by atoms with Crippen molar-refractivity contribution in [2.24, 2.45) is 16.3 Å². The van der Waals surface area contributed by atoms with Crippen molar-refractivity contribution in [3.63, 3.8) is 0 Å². The average Bonchev–Trinajstić information content (AvgIpc) is 2.64. The zero-order chi connectivity index (χ0) is 17.4. The Morgan fingerprint density at radius 3 is 2.70 bits per heavy atom. The molecule has 0 aromatic heterocycles. The van der Waals surface area contributed by atoms with Crippen molar-refractivity contribution in [3.8, 4) is 5.75 Å². The molecule has 0 unspecified atom stereocenters. The summed E-state index contributed by atoms with van der Waals surface area (Å²) < 4.78 is 20.1. The SMILES string of the molecule is C[C@H]1COc2cc(C(N)=NO)cc(F)c2CN1C(=O)C(C)(C)C. The van der Waals surface area contributed by atoms with Gasteiger partial charge in [-0.2, -0.15) is 0 Å². The molecule has 1 atom stereocenters. The predicted molar refractivity (Wildman–Crippen MR) is 83.9 cm³/mol. The van der Waals surface area contributed by atoms with Crippen LogP contribution in [-0.4, -0.2) is 34.5 Å². The number of ether oxygens (including phenoxy) is 1. The molecule has 0 aliphatic carbocycles. The minimum Gasteiger partial charge on any atom is -0.491 e. The predicted octanol–water partition coefficient (Wildman–Crippen LogP) is 2.08. The molecule has 1 heterocycles. The first-order valence-electron chi connectivity index (χ1n) is 7.39. The van der Waals surface area contributed by atoms with E-state index in [9.17, 15) is 9.18 Å². The van der Waals surface area contributed by atoms with Crippen LogP contribution in [0.4, 0.5) is 4.39 Å². The fourth-order valence-corrected chi connectivity index (χ4v) is 2.43. The molecule has 23 heavy (non-hydrogen) atoms. The average molecular weight is 323 g/mol. The topological polar surface area (TPSA) is 88.2 Å². The molecule has 1 aliphatic rings. The summed E-state index contributed by atoms with van der Waals surface area (Å²) in [6, 6.07) is 2.50. The molecule has 0 fully saturated rings. The second-order valence-corrected chi connectivity index (χ2v) is 6.76. The molecule has 0 radical (unpaired) electrons. The minimum atomic E-state index is -0.566. The number of nitrogens with zero attached hydrogens (tertiary/aromatic N) is 2. The van der Waals surface area contributed by atoms with E-state index in [1.54, 1.807) is 4.90 Å². The number of carbonyl (C=O) groups excluding carboxylic acids is 1. The summed E-state index contributed by atoms with van der Waals surface area (Å²) in [5.41, 5.74) is 5.46. The monoisotopic (exact) mass is 323 g/mol. The molecular formula is C16H22FN3O3. The van der Waals surface area contributed by atoms with E-state index in [0.717, 1.165) is 0 Å². The fraction of sp³-hybridized carbons (Fsp3) is 0.500. The maximum Gasteiger partial charge on any atom is 0.228 e. The highest BCUT2D eigenvalue weighted by atomic mass is 19.1. The summed E-state index contributed by atoms with van der Waals surface area (Å²) in [5.74, 6) is -0.510. The van der Waals surface area contributed by atoms with Crippen LogP contribution in [-0.2, 0) is 11.3 Å². The van der Waals surface area contributed by atoms with Crippen LogP contribution in [0.2, 0.25) is 0 Å². The van der Waals surface area contributed by atoms with Gasteiger partial charge in [0, 0.05) is 16.5 Å². The van der Waals surface area contributed by atoms with E-state index >= 15 is 0 Å². The molecular weight excluding hydrogens is 301 g/mol. The Hall–Kier alpha value is -2.31. The number of fused-ring (bicyclic) bond motifs is 1. The second-order valence-electron chi connectivity index (χ2n) is 6.76. The van der Waals surface area contributed by atoms with Gasteiger partial charge in [0.2, 0.25) is 5.91 Å². The lowest BCUT2D eigenvalue weighted by molar-refractivity contribution is -0.142. The Morgan fingerprint density at radius 1 is 1.48 bits per heavy atom. The smallest absolute Gasteiger partial charge is 0.228 e. The van der Waals surface area contributed by atoms with Gasteiger partial charge in [0.25, 0.3) is 0 Å². The van der Waals surface area contributed by atoms with Crippen molar-refractivity contribution in [1.29, 1.82) is 0 Å². The molecule has 1 aromatic carbocycles. The number of hydrogen-bond donors (Lipinski definition) is 2. The third-order valence-electron chi connectivity index (χ3n) is 3.80. The lowest BCUT2D eigenvalue weighted by atomic mass is 9.93. The van der Waals surface area contributed by atoms with Crippen LogP contribution < -0.4 is 10.5 Å². The summed E-state index contributed by atoms with van der Waals surface area (Å²) >= 11 is 0. The van der Waals surface area contributed by atoms with E-state index in [0.29, 0.717) is 11.3 Å². The molecule has 0 bridgehead atoms. The Kier molecular flexibility index (Phi) is 4.49.